The van der Waals surface area contributed by atoms with E-state index in [1.807, 2.05) is 30.3 Å². The number of amides is 2. The Kier molecular flexibility index (Phi) is 2.94. The number of aromatic nitrogens is 3. The van der Waals surface area contributed by atoms with E-state index in [0.29, 0.717) is 12.4 Å². The highest BCUT2D eigenvalue weighted by atomic mass is 16.2. The summed E-state index contributed by atoms with van der Waals surface area (Å²) in [6, 6.07) is 9.40. The van der Waals surface area contributed by atoms with E-state index in [1.165, 1.54) is 6.92 Å². The van der Waals surface area contributed by atoms with Crippen LogP contribution in [0.1, 0.15) is 24.9 Å². The van der Waals surface area contributed by atoms with Crippen LogP contribution in [0.4, 0.5) is 11.9 Å². The van der Waals surface area contributed by atoms with Crippen molar-refractivity contribution >= 4 is 23.7 Å². The molecule has 1 aliphatic rings. The average molecular weight is 271 g/mol. The second-order valence-corrected chi connectivity index (χ2v) is 4.56. The molecule has 1 aromatic heterocycles. The number of anilines is 2. The Morgan fingerprint density at radius 1 is 1.40 bits per heavy atom. The molecule has 7 heteroatoms. The van der Waals surface area contributed by atoms with Crippen LogP contribution in [0.3, 0.4) is 0 Å². The van der Waals surface area contributed by atoms with Crippen LogP contribution in [0, 0.1) is 0 Å². The van der Waals surface area contributed by atoms with Crippen molar-refractivity contribution in [3.63, 3.8) is 0 Å². The molecule has 0 aliphatic carbocycles. The quantitative estimate of drug-likeness (QED) is 0.858. The molecular weight excluding hydrogens is 258 g/mol. The fourth-order valence-electron chi connectivity index (χ4n) is 2.21. The summed E-state index contributed by atoms with van der Waals surface area (Å²) in [4.78, 5) is 26.9. The van der Waals surface area contributed by atoms with E-state index < -0.39 is 0 Å². The molecule has 1 unspecified atom stereocenters. The zero-order valence-electron chi connectivity index (χ0n) is 10.8. The maximum Gasteiger partial charge on any atom is 0.250 e. The van der Waals surface area contributed by atoms with Gasteiger partial charge in [-0.15, -0.1) is 5.10 Å². The van der Waals surface area contributed by atoms with Gasteiger partial charge in [-0.25, -0.2) is 4.68 Å². The van der Waals surface area contributed by atoms with Gasteiger partial charge in [-0.1, -0.05) is 30.3 Å². The number of nitrogens with zero attached hydrogens (tertiary/aromatic N) is 3. The molecule has 1 aliphatic heterocycles. The second kappa shape index (κ2) is 4.76. The third-order valence-corrected chi connectivity index (χ3v) is 3.03. The minimum absolute atomic E-state index is 0.117. The summed E-state index contributed by atoms with van der Waals surface area (Å²) < 4.78 is 1.63. The summed E-state index contributed by atoms with van der Waals surface area (Å²) in [7, 11) is 0. The molecule has 1 atom stereocenters. The molecule has 0 saturated carbocycles. The van der Waals surface area contributed by atoms with Crippen LogP contribution in [-0.2, 0) is 9.59 Å². The Bertz CT molecular complexity index is 665. The molecule has 0 fully saturated rings. The Morgan fingerprint density at radius 3 is 2.85 bits per heavy atom. The topological polar surface area (TPSA) is 88.9 Å². The normalized spacial score (nSPS) is 17.2. The van der Waals surface area contributed by atoms with Crippen molar-refractivity contribution in [2.75, 3.05) is 10.6 Å². The number of carbonyl (C=O) groups excluding carboxylic acids is 2. The standard InChI is InChI=1S/C13H13N5O2/c1-8(19)14-12-16-13-15-11(20)7-10(18(13)17-12)9-5-3-2-4-6-9/h2-6,10H,7H2,1H3,(H2,14,15,16,17,19,20). The minimum atomic E-state index is -0.254. The third-order valence-electron chi connectivity index (χ3n) is 3.03. The molecule has 2 N–H and O–H groups in total. The first-order valence-corrected chi connectivity index (χ1v) is 6.22. The molecule has 0 radical (unpaired) electrons. The van der Waals surface area contributed by atoms with E-state index in [-0.39, 0.29) is 23.8 Å². The first kappa shape index (κ1) is 12.3. The molecular formula is C13H13N5O2. The Morgan fingerprint density at radius 2 is 2.15 bits per heavy atom. The third kappa shape index (κ3) is 2.25. The summed E-state index contributed by atoms with van der Waals surface area (Å²) in [5, 5.41) is 9.41. The number of hydrogen-bond acceptors (Lipinski definition) is 4. The van der Waals surface area contributed by atoms with Gasteiger partial charge in [0, 0.05) is 6.92 Å². The van der Waals surface area contributed by atoms with Gasteiger partial charge in [0.1, 0.15) is 0 Å². The maximum atomic E-state index is 11.8. The molecule has 1 aromatic carbocycles. The van der Waals surface area contributed by atoms with Crippen LogP contribution in [0.5, 0.6) is 0 Å². The SMILES string of the molecule is CC(=O)Nc1nc2n(n1)C(c1ccccc1)CC(=O)N2. The van der Waals surface area contributed by atoms with Crippen molar-refractivity contribution in [2.24, 2.45) is 0 Å². The predicted molar refractivity (Wildman–Crippen MR) is 72.2 cm³/mol. The Hall–Kier alpha value is -2.70. The number of nitrogens with one attached hydrogen (secondary N) is 2. The van der Waals surface area contributed by atoms with Crippen LogP contribution in [0.15, 0.2) is 30.3 Å². The summed E-state index contributed by atoms with van der Waals surface area (Å²) in [5.74, 6) is 0.165. The molecule has 102 valence electrons. The summed E-state index contributed by atoms with van der Waals surface area (Å²) in [5.41, 5.74) is 0.975. The smallest absolute Gasteiger partial charge is 0.250 e. The predicted octanol–water partition coefficient (Wildman–Crippen LogP) is 1.17. The first-order valence-electron chi connectivity index (χ1n) is 6.22. The van der Waals surface area contributed by atoms with Crippen LogP contribution < -0.4 is 10.6 Å². The number of carbonyl (C=O) groups is 2. The highest BCUT2D eigenvalue weighted by Gasteiger charge is 2.29. The molecule has 0 bridgehead atoms. The van der Waals surface area contributed by atoms with Crippen molar-refractivity contribution in [3.8, 4) is 0 Å². The van der Waals surface area contributed by atoms with Crippen molar-refractivity contribution in [1.29, 1.82) is 0 Å². The summed E-state index contributed by atoms with van der Waals surface area (Å²) >= 11 is 0. The number of benzene rings is 1. The summed E-state index contributed by atoms with van der Waals surface area (Å²) in [6.07, 6.45) is 0.292. The molecule has 0 spiro atoms. The molecule has 0 saturated heterocycles. The minimum Gasteiger partial charge on any atom is -0.295 e. The maximum absolute atomic E-state index is 11.8. The van der Waals surface area contributed by atoms with Crippen molar-refractivity contribution in [3.05, 3.63) is 35.9 Å². The Balaban J connectivity index is 2.01. The van der Waals surface area contributed by atoms with Gasteiger partial charge in [-0.2, -0.15) is 4.98 Å². The largest absolute Gasteiger partial charge is 0.295 e. The highest BCUT2D eigenvalue weighted by molar-refractivity contribution is 5.92. The lowest BCUT2D eigenvalue weighted by Crippen LogP contribution is -2.29. The molecule has 7 nitrogen and oxygen atoms in total. The Labute approximate surface area is 115 Å². The monoisotopic (exact) mass is 271 g/mol. The van der Waals surface area contributed by atoms with E-state index in [1.54, 1.807) is 4.68 Å². The lowest BCUT2D eigenvalue weighted by Gasteiger charge is -2.23. The van der Waals surface area contributed by atoms with Crippen molar-refractivity contribution < 1.29 is 9.59 Å². The van der Waals surface area contributed by atoms with E-state index in [2.05, 4.69) is 20.7 Å². The average Bonchev–Trinajstić information content (AvgIpc) is 2.79. The molecule has 3 rings (SSSR count). The van der Waals surface area contributed by atoms with Gasteiger partial charge in [0.2, 0.25) is 17.8 Å². The van der Waals surface area contributed by atoms with Crippen LogP contribution in [0.25, 0.3) is 0 Å². The molecule has 2 heterocycles. The van der Waals surface area contributed by atoms with E-state index in [0.717, 1.165) is 5.56 Å². The molecule has 20 heavy (non-hydrogen) atoms. The number of rotatable bonds is 2. The lowest BCUT2D eigenvalue weighted by molar-refractivity contribution is -0.117. The van der Waals surface area contributed by atoms with Gasteiger partial charge >= 0.3 is 0 Å². The van der Waals surface area contributed by atoms with Gasteiger partial charge in [0.05, 0.1) is 12.5 Å². The van der Waals surface area contributed by atoms with Crippen LogP contribution in [-0.4, -0.2) is 26.6 Å². The highest BCUT2D eigenvalue weighted by Crippen LogP contribution is 2.29. The second-order valence-electron chi connectivity index (χ2n) is 4.56. The van der Waals surface area contributed by atoms with Gasteiger partial charge in [0.15, 0.2) is 0 Å². The number of fused-ring (bicyclic) bond motifs is 1. The summed E-state index contributed by atoms with van der Waals surface area (Å²) in [6.45, 7) is 1.38. The van der Waals surface area contributed by atoms with Crippen LogP contribution in [0.2, 0.25) is 0 Å². The van der Waals surface area contributed by atoms with E-state index in [4.69, 9.17) is 0 Å². The van der Waals surface area contributed by atoms with Gasteiger partial charge in [-0.3, -0.25) is 20.2 Å². The van der Waals surface area contributed by atoms with Crippen molar-refractivity contribution in [1.82, 2.24) is 14.8 Å². The fraction of sp³-hybridized carbons (Fsp3) is 0.231. The van der Waals surface area contributed by atoms with Gasteiger partial charge in [-0.05, 0) is 5.56 Å². The molecule has 2 aromatic rings. The number of hydrogen-bond donors (Lipinski definition) is 2. The van der Waals surface area contributed by atoms with Gasteiger partial charge < -0.3 is 0 Å². The first-order chi connectivity index (χ1) is 9.63. The molecule has 2 amide bonds. The fourth-order valence-corrected chi connectivity index (χ4v) is 2.21. The zero-order valence-corrected chi connectivity index (χ0v) is 10.8. The van der Waals surface area contributed by atoms with Crippen LogP contribution >= 0.6 is 0 Å². The van der Waals surface area contributed by atoms with Gasteiger partial charge in [0.25, 0.3) is 5.95 Å². The van der Waals surface area contributed by atoms with Crippen molar-refractivity contribution in [2.45, 2.75) is 19.4 Å². The lowest BCUT2D eigenvalue weighted by atomic mass is 10.0. The van der Waals surface area contributed by atoms with E-state index >= 15 is 0 Å². The van der Waals surface area contributed by atoms with E-state index in [9.17, 15) is 9.59 Å². The zero-order chi connectivity index (χ0) is 14.1.